The molecule has 3 rings (SSSR count). The van der Waals surface area contributed by atoms with Crippen molar-refractivity contribution in [3.8, 4) is 0 Å². The highest BCUT2D eigenvalue weighted by atomic mass is 32.1. The molecular formula is C18H24F3N3O2S. The van der Waals surface area contributed by atoms with Gasteiger partial charge in [-0.15, -0.1) is 11.3 Å². The van der Waals surface area contributed by atoms with Crippen LogP contribution in [0.1, 0.15) is 41.2 Å². The van der Waals surface area contributed by atoms with E-state index < -0.39 is 22.8 Å². The molecular weight excluding hydrogens is 379 g/mol. The van der Waals surface area contributed by atoms with E-state index in [4.69, 9.17) is 10.1 Å². The Kier molecular flexibility index (Phi) is 5.67. The van der Waals surface area contributed by atoms with Crippen LogP contribution in [0.15, 0.2) is 17.8 Å². The van der Waals surface area contributed by atoms with Gasteiger partial charge in [0.25, 0.3) is 0 Å². The van der Waals surface area contributed by atoms with Gasteiger partial charge in [0.05, 0.1) is 12.2 Å². The molecule has 3 N–H and O–H groups in total. The fraction of sp³-hybridized carbons (Fsp3) is 0.611. The lowest BCUT2D eigenvalue weighted by atomic mass is 9.79. The topological polar surface area (TPSA) is 68.6 Å². The van der Waals surface area contributed by atoms with Crippen molar-refractivity contribution in [2.24, 2.45) is 0 Å². The van der Waals surface area contributed by atoms with E-state index in [0.717, 1.165) is 11.6 Å². The molecule has 3 atom stereocenters. The van der Waals surface area contributed by atoms with E-state index in [2.05, 4.69) is 10.2 Å². The van der Waals surface area contributed by atoms with Crippen LogP contribution in [-0.2, 0) is 16.5 Å². The first-order valence-electron chi connectivity index (χ1n) is 8.84. The van der Waals surface area contributed by atoms with Crippen molar-refractivity contribution >= 4 is 17.6 Å². The van der Waals surface area contributed by atoms with Crippen LogP contribution in [0, 0.1) is 5.41 Å². The Labute approximate surface area is 160 Å². The van der Waals surface area contributed by atoms with Gasteiger partial charge in [-0.05, 0) is 31.4 Å². The molecule has 0 radical (unpaired) electrons. The Balaban J connectivity index is 1.85. The first-order valence-corrected chi connectivity index (χ1v) is 9.66. The second-order valence-electron chi connectivity index (χ2n) is 7.13. The van der Waals surface area contributed by atoms with Crippen LogP contribution in [0.3, 0.4) is 0 Å². The minimum absolute atomic E-state index is 0.0168. The summed E-state index contributed by atoms with van der Waals surface area (Å²) in [5, 5.41) is 20.6. The number of hydrogen-bond acceptors (Lipinski definition) is 6. The molecule has 1 saturated heterocycles. The molecule has 1 aromatic rings. The minimum Gasteiger partial charge on any atom is -0.394 e. The summed E-state index contributed by atoms with van der Waals surface area (Å²) in [4.78, 5) is 1.89. The maximum atomic E-state index is 13.2. The van der Waals surface area contributed by atoms with E-state index in [9.17, 15) is 18.3 Å². The molecule has 1 spiro atoms. The zero-order valence-electron chi connectivity index (χ0n) is 15.3. The lowest BCUT2D eigenvalue weighted by Gasteiger charge is -2.48. The summed E-state index contributed by atoms with van der Waals surface area (Å²) in [6.07, 6.45) is -1.27. The van der Waals surface area contributed by atoms with Crippen molar-refractivity contribution in [1.82, 2.24) is 10.2 Å². The molecule has 0 saturated carbocycles. The van der Waals surface area contributed by atoms with Gasteiger partial charge in [-0.1, -0.05) is 0 Å². The number of aliphatic hydroxyl groups is 1. The van der Waals surface area contributed by atoms with Crippen molar-refractivity contribution in [3.05, 3.63) is 33.2 Å². The lowest BCUT2D eigenvalue weighted by molar-refractivity contribution is -0.140. The normalized spacial score (nSPS) is 29.6. The zero-order chi connectivity index (χ0) is 19.8. The number of hydrogen-bond donors (Lipinski definition) is 3. The van der Waals surface area contributed by atoms with E-state index in [1.807, 2.05) is 6.92 Å². The first-order chi connectivity index (χ1) is 12.7. The summed E-state index contributed by atoms with van der Waals surface area (Å²) in [6.45, 7) is 3.27. The number of likely N-dealkylation sites (tertiary alicyclic amines) is 1. The second kappa shape index (κ2) is 7.54. The van der Waals surface area contributed by atoms with Crippen molar-refractivity contribution in [1.29, 1.82) is 5.41 Å². The molecule has 3 heterocycles. The fourth-order valence-corrected chi connectivity index (χ4v) is 5.05. The van der Waals surface area contributed by atoms with E-state index in [0.29, 0.717) is 47.7 Å². The molecule has 27 heavy (non-hydrogen) atoms. The smallest absolute Gasteiger partial charge is 0.394 e. The molecule has 2 aliphatic heterocycles. The number of aliphatic hydroxyl groups excluding tert-OH is 1. The molecule has 1 aromatic heterocycles. The maximum Gasteiger partial charge on any atom is 0.425 e. The molecule has 5 nitrogen and oxygen atoms in total. The van der Waals surface area contributed by atoms with Gasteiger partial charge < -0.3 is 20.6 Å². The van der Waals surface area contributed by atoms with E-state index in [1.54, 1.807) is 13.2 Å². The van der Waals surface area contributed by atoms with Gasteiger partial charge in [-0.2, -0.15) is 13.2 Å². The average molecular weight is 403 g/mol. The van der Waals surface area contributed by atoms with Gasteiger partial charge in [0.1, 0.15) is 11.0 Å². The monoisotopic (exact) mass is 403 g/mol. The van der Waals surface area contributed by atoms with Gasteiger partial charge in [-0.25, -0.2) is 0 Å². The number of fused-ring (bicyclic) bond motifs is 2. The fourth-order valence-electron chi connectivity index (χ4n) is 3.96. The summed E-state index contributed by atoms with van der Waals surface area (Å²) in [7, 11) is 1.77. The van der Waals surface area contributed by atoms with E-state index in [-0.39, 0.29) is 12.6 Å². The highest BCUT2D eigenvalue weighted by Gasteiger charge is 2.48. The molecule has 2 aliphatic rings. The highest BCUT2D eigenvalue weighted by Crippen LogP contribution is 2.51. The van der Waals surface area contributed by atoms with Crippen LogP contribution >= 0.6 is 11.3 Å². The molecule has 0 amide bonds. The summed E-state index contributed by atoms with van der Waals surface area (Å²) in [5.41, 5.74) is 0.529. The van der Waals surface area contributed by atoms with Crippen LogP contribution in [0.25, 0.3) is 0 Å². The third kappa shape index (κ3) is 3.91. The number of nitrogens with one attached hydrogen (secondary N) is 2. The lowest BCUT2D eigenvalue weighted by Crippen LogP contribution is -2.51. The summed E-state index contributed by atoms with van der Waals surface area (Å²) < 4.78 is 45.6. The van der Waals surface area contributed by atoms with Crippen LogP contribution in [0.5, 0.6) is 0 Å². The summed E-state index contributed by atoms with van der Waals surface area (Å²) in [6, 6.07) is 1.23. The third-order valence-corrected chi connectivity index (χ3v) is 6.58. The van der Waals surface area contributed by atoms with Crippen molar-refractivity contribution in [2.75, 3.05) is 26.7 Å². The molecule has 1 fully saturated rings. The third-order valence-electron chi connectivity index (χ3n) is 5.30. The molecule has 0 aromatic carbocycles. The van der Waals surface area contributed by atoms with Crippen LogP contribution in [0.4, 0.5) is 13.2 Å². The van der Waals surface area contributed by atoms with Gasteiger partial charge >= 0.3 is 6.18 Å². The van der Waals surface area contributed by atoms with Crippen molar-refractivity contribution in [2.45, 2.75) is 43.7 Å². The zero-order valence-corrected chi connectivity index (χ0v) is 16.1. The van der Waals surface area contributed by atoms with Gasteiger partial charge in [0.15, 0.2) is 0 Å². The van der Waals surface area contributed by atoms with Gasteiger partial charge in [0, 0.05) is 49.0 Å². The SMILES string of the molecule is CN/C=C(\C=N)CN1CCC2(C[C@@H]1C)OCC(O)c1sc(C(F)(F)F)cc12. The average Bonchev–Trinajstić information content (AvgIpc) is 3.08. The van der Waals surface area contributed by atoms with Crippen LogP contribution < -0.4 is 5.32 Å². The largest absolute Gasteiger partial charge is 0.425 e. The van der Waals surface area contributed by atoms with Crippen LogP contribution in [-0.4, -0.2) is 49.0 Å². The van der Waals surface area contributed by atoms with E-state index in [1.165, 1.54) is 6.21 Å². The number of ether oxygens (including phenoxy) is 1. The van der Waals surface area contributed by atoms with Gasteiger partial charge in [-0.3, -0.25) is 4.90 Å². The van der Waals surface area contributed by atoms with E-state index >= 15 is 0 Å². The number of thiophene rings is 1. The quantitative estimate of drug-likeness (QED) is 0.675. The predicted octanol–water partition coefficient (Wildman–Crippen LogP) is 3.26. The van der Waals surface area contributed by atoms with Crippen molar-refractivity contribution < 1.29 is 23.0 Å². The Morgan fingerprint density at radius 2 is 2.30 bits per heavy atom. The summed E-state index contributed by atoms with van der Waals surface area (Å²) >= 11 is 0.625. The number of halogens is 3. The van der Waals surface area contributed by atoms with Crippen molar-refractivity contribution in [3.63, 3.8) is 0 Å². The standard InChI is InChI=1S/C18H24F3N3O2S/c1-11-6-17(3-4-24(11)9-12(7-22)8-23-2)13-5-15(18(19,20)21)27-16(13)14(25)10-26-17/h5,7-8,11,14,22-23,25H,3-4,6,9-10H2,1-2H3/b12-8+,22-7?/t11-,14?,17?/m0/s1. The number of nitrogens with zero attached hydrogens (tertiary/aromatic N) is 1. The molecule has 0 aliphatic carbocycles. The van der Waals surface area contributed by atoms with Crippen LogP contribution in [0.2, 0.25) is 0 Å². The second-order valence-corrected chi connectivity index (χ2v) is 8.22. The molecule has 150 valence electrons. The number of rotatable bonds is 4. The predicted molar refractivity (Wildman–Crippen MR) is 98.1 cm³/mol. The Hall–Kier alpha value is -1.42. The highest BCUT2D eigenvalue weighted by molar-refractivity contribution is 7.12. The van der Waals surface area contributed by atoms with Gasteiger partial charge in [0.2, 0.25) is 0 Å². The minimum atomic E-state index is -4.42. The number of piperidine rings is 1. The Morgan fingerprint density at radius 1 is 1.56 bits per heavy atom. The molecule has 2 unspecified atom stereocenters. The maximum absolute atomic E-state index is 13.2. The Morgan fingerprint density at radius 3 is 2.89 bits per heavy atom. The number of alkyl halides is 3. The summed E-state index contributed by atoms with van der Waals surface area (Å²) in [5.74, 6) is 0. The molecule has 9 heteroatoms. The molecule has 0 bridgehead atoms. The Bertz CT molecular complexity index is 734. The first kappa shape index (κ1) is 20.3.